The molecule has 0 amide bonds. The topological polar surface area (TPSA) is 15.5 Å². The van der Waals surface area contributed by atoms with Crippen LogP contribution in [0.3, 0.4) is 0 Å². The summed E-state index contributed by atoms with van der Waals surface area (Å²) in [5, 5.41) is 0. The van der Waals surface area contributed by atoms with Crippen molar-refractivity contribution in [1.82, 2.24) is 0 Å². The van der Waals surface area contributed by atoms with Gasteiger partial charge in [-0.1, -0.05) is 178 Å². The molecule has 8 aromatic carbocycles. The van der Waals surface area contributed by atoms with E-state index in [4.69, 9.17) is 0 Å². The molecular formula is C94H104N4+4. The van der Waals surface area contributed by atoms with Crippen LogP contribution in [0.4, 0.5) is 0 Å². The Balaban J connectivity index is 0.000000133. The molecule has 4 aromatic heterocycles. The van der Waals surface area contributed by atoms with Crippen LogP contribution in [0.15, 0.2) is 237 Å². The van der Waals surface area contributed by atoms with Crippen LogP contribution >= 0.6 is 0 Å². The van der Waals surface area contributed by atoms with E-state index >= 15 is 0 Å². The van der Waals surface area contributed by atoms with Gasteiger partial charge < -0.3 is 0 Å². The molecule has 0 saturated heterocycles. The van der Waals surface area contributed by atoms with Crippen molar-refractivity contribution in [2.24, 2.45) is 28.2 Å². The van der Waals surface area contributed by atoms with Gasteiger partial charge in [0.25, 0.3) is 0 Å². The third-order valence-electron chi connectivity index (χ3n) is 21.0. The molecule has 2 fully saturated rings. The number of hydrogen-bond donors (Lipinski definition) is 0. The summed E-state index contributed by atoms with van der Waals surface area (Å²) in [6.07, 6.45) is 21.2. The van der Waals surface area contributed by atoms with Crippen LogP contribution in [0.1, 0.15) is 142 Å². The highest BCUT2D eigenvalue weighted by molar-refractivity contribution is 5.79. The van der Waals surface area contributed by atoms with Crippen LogP contribution in [0.2, 0.25) is 0 Å². The first-order chi connectivity index (χ1) is 47.3. The van der Waals surface area contributed by atoms with Crippen molar-refractivity contribution in [1.29, 1.82) is 0 Å². The minimum absolute atomic E-state index is 0.734. The van der Waals surface area contributed by atoms with Gasteiger partial charge in [-0.2, -0.15) is 0 Å². The second-order valence-corrected chi connectivity index (χ2v) is 28.5. The first kappa shape index (κ1) is 69.7. The minimum atomic E-state index is 0.734. The fourth-order valence-electron chi connectivity index (χ4n) is 15.3. The van der Waals surface area contributed by atoms with Gasteiger partial charge in [0, 0.05) is 69.8 Å². The van der Waals surface area contributed by atoms with Crippen molar-refractivity contribution in [3.63, 3.8) is 0 Å². The Morgan fingerprint density at radius 3 is 0.867 bits per heavy atom. The molecule has 0 N–H and O–H groups in total. The van der Waals surface area contributed by atoms with Gasteiger partial charge in [0.15, 0.2) is 24.8 Å². The van der Waals surface area contributed by atoms with E-state index in [2.05, 4.69) is 360 Å². The molecule has 0 unspecified atom stereocenters. The number of hydrogen-bond acceptors (Lipinski definition) is 0. The molecule has 2 saturated carbocycles. The van der Waals surface area contributed by atoms with Crippen LogP contribution in [-0.4, -0.2) is 0 Å². The van der Waals surface area contributed by atoms with Crippen LogP contribution < -0.4 is 18.3 Å². The Labute approximate surface area is 587 Å². The van der Waals surface area contributed by atoms with E-state index in [-0.39, 0.29) is 0 Å². The SMILES string of the molecule is Cc1cc(-c2cc(-c3ccccc3)c(C)cc2C)[n+](C)cc1C.Cc1cc(C)c(-c2cc(C3CCCC3)cc[n+]2C)cc1-c1ccccc1.Cc1cc(C)c(-c2cc(C3CCCCC3)cc[n+]2C)cc1-c1ccccc1.Cc1ccc(-c2cc(-c3ccccc3)c(C)cc2C)[n+](C)c1. The maximum absolute atomic E-state index is 2.45. The van der Waals surface area contributed by atoms with Gasteiger partial charge in [0.05, 0.1) is 0 Å². The largest absolute Gasteiger partial charge is 0.212 e. The van der Waals surface area contributed by atoms with E-state index in [1.807, 2.05) is 0 Å². The first-order valence-electron chi connectivity index (χ1n) is 35.9. The average molecular weight is 1290 g/mol. The molecular weight excluding hydrogens is 1190 g/mol. The van der Waals surface area contributed by atoms with E-state index in [9.17, 15) is 0 Å². The summed E-state index contributed by atoms with van der Waals surface area (Å²) in [5.74, 6) is 1.48. The quantitative estimate of drug-likeness (QED) is 0.121. The third-order valence-corrected chi connectivity index (χ3v) is 21.0. The van der Waals surface area contributed by atoms with Crippen LogP contribution in [0.25, 0.3) is 89.5 Å². The van der Waals surface area contributed by atoms with Gasteiger partial charge in [0.2, 0.25) is 22.8 Å². The number of nitrogens with zero attached hydrogens (tertiary/aromatic N) is 4. The Morgan fingerprint density at radius 2 is 0.531 bits per heavy atom. The zero-order valence-electron chi connectivity index (χ0n) is 61.3. The summed E-state index contributed by atoms with van der Waals surface area (Å²) >= 11 is 0. The molecule has 0 atom stereocenters. The summed E-state index contributed by atoms with van der Waals surface area (Å²) in [6.45, 7) is 24.2. The highest BCUT2D eigenvalue weighted by atomic mass is 14.9. The maximum Gasteiger partial charge on any atom is 0.212 e. The highest BCUT2D eigenvalue weighted by Crippen LogP contribution is 2.40. The Bertz CT molecular complexity index is 4740. The molecule has 12 aromatic rings. The number of rotatable bonds is 10. The van der Waals surface area contributed by atoms with Crippen molar-refractivity contribution < 1.29 is 18.3 Å². The number of aryl methyl sites for hydroxylation is 15. The van der Waals surface area contributed by atoms with Crippen molar-refractivity contribution in [3.05, 3.63) is 309 Å². The Morgan fingerprint density at radius 1 is 0.235 bits per heavy atom. The van der Waals surface area contributed by atoms with Gasteiger partial charge in [-0.15, -0.1) is 0 Å². The van der Waals surface area contributed by atoms with Gasteiger partial charge >= 0.3 is 0 Å². The third kappa shape index (κ3) is 16.3. The van der Waals surface area contributed by atoms with Crippen molar-refractivity contribution >= 4 is 0 Å². The van der Waals surface area contributed by atoms with Gasteiger partial charge in [0.1, 0.15) is 28.2 Å². The molecule has 4 nitrogen and oxygen atoms in total. The van der Waals surface area contributed by atoms with Crippen molar-refractivity contribution in [3.8, 4) is 89.5 Å². The molecule has 0 bridgehead atoms. The standard InChI is InChI=1S/C26H30N.C25H28N.C22H24N.C21H22N/c1-19-16-20(2)25(18-24(19)22-12-8-5-9-13-22)26-17-23(14-15-27(26)3)21-10-6-4-7-11-21;1-18-15-19(2)24(17-23(18)21-11-5-4-6-12-21)25-16-22(13-14-26(25)3)20-9-7-8-10-20;1-15-12-22(23(5)14-18(15)4)21-13-20(16(2)11-17(21)3)19-9-7-6-8-10-19;1-15-10-11-21(22(4)14-15)20-13-19(16(2)12-17(20)3)18-8-6-5-7-9-18/h5,8-9,12-18,21H,4,6-7,10-11H2,1-3H3;4-6,11-17,20H,7-10H2,1-3H3;6-14H,1-5H3;5-14H,1-4H3/q4*+1. The van der Waals surface area contributed by atoms with Crippen LogP contribution in [-0.2, 0) is 28.2 Å². The van der Waals surface area contributed by atoms with E-state index in [0.717, 1.165) is 11.8 Å². The molecule has 0 radical (unpaired) electrons. The molecule has 4 heterocycles. The molecule has 4 heteroatoms. The second-order valence-electron chi connectivity index (χ2n) is 28.5. The zero-order valence-corrected chi connectivity index (χ0v) is 61.3. The molecule has 2 aliphatic carbocycles. The fraction of sp³-hybridized carbons (Fsp3) is 0.277. The zero-order chi connectivity index (χ0) is 69.1. The summed E-state index contributed by atoms with van der Waals surface area (Å²) in [4.78, 5) is 0. The molecule has 2 aliphatic rings. The molecule has 0 spiro atoms. The van der Waals surface area contributed by atoms with E-state index in [1.165, 1.54) is 220 Å². The molecule has 14 rings (SSSR count). The summed E-state index contributed by atoms with van der Waals surface area (Å²) in [7, 11) is 8.57. The predicted octanol–water partition coefficient (Wildman–Crippen LogP) is 22.5. The van der Waals surface area contributed by atoms with E-state index < -0.39 is 0 Å². The Hall–Kier alpha value is -9.64. The number of pyridine rings is 4. The predicted molar refractivity (Wildman–Crippen MR) is 413 cm³/mol. The lowest BCUT2D eigenvalue weighted by Gasteiger charge is -2.22. The summed E-state index contributed by atoms with van der Waals surface area (Å²) < 4.78 is 8.99. The maximum atomic E-state index is 2.45. The van der Waals surface area contributed by atoms with Gasteiger partial charge in [-0.25, -0.2) is 18.3 Å². The van der Waals surface area contributed by atoms with Crippen LogP contribution in [0.5, 0.6) is 0 Å². The lowest BCUT2D eigenvalue weighted by Crippen LogP contribution is -2.31. The minimum Gasteiger partial charge on any atom is -0.201 e. The first-order valence-corrected chi connectivity index (χ1v) is 35.9. The van der Waals surface area contributed by atoms with Gasteiger partial charge in [-0.3, -0.25) is 0 Å². The second kappa shape index (κ2) is 31.7. The molecule has 496 valence electrons. The smallest absolute Gasteiger partial charge is 0.201 e. The number of aromatic nitrogens is 4. The fourth-order valence-corrected chi connectivity index (χ4v) is 15.3. The molecule has 0 aliphatic heterocycles. The van der Waals surface area contributed by atoms with Crippen LogP contribution in [0, 0.1) is 76.2 Å². The lowest BCUT2D eigenvalue weighted by atomic mass is 9.83. The Kier molecular flexibility index (Phi) is 22.5. The highest BCUT2D eigenvalue weighted by Gasteiger charge is 2.25. The normalized spacial score (nSPS) is 13.0. The molecule has 98 heavy (non-hydrogen) atoms. The average Bonchev–Trinajstić information content (AvgIpc) is 0.917. The van der Waals surface area contributed by atoms with Crippen molar-refractivity contribution in [2.45, 2.75) is 146 Å². The number of benzene rings is 8. The van der Waals surface area contributed by atoms with Crippen molar-refractivity contribution in [2.75, 3.05) is 0 Å². The lowest BCUT2D eigenvalue weighted by molar-refractivity contribution is -0.660. The van der Waals surface area contributed by atoms with Gasteiger partial charge in [-0.05, 0) is 250 Å². The summed E-state index contributed by atoms with van der Waals surface area (Å²) in [6, 6.07) is 77.6. The van der Waals surface area contributed by atoms with E-state index in [0.29, 0.717) is 0 Å². The van der Waals surface area contributed by atoms with E-state index in [1.54, 1.807) is 0 Å². The monoisotopic (exact) mass is 1290 g/mol. The summed E-state index contributed by atoms with van der Waals surface area (Å²) in [5.41, 5.74) is 38.5.